The summed E-state index contributed by atoms with van der Waals surface area (Å²) in [5, 5.41) is 24.5. The summed E-state index contributed by atoms with van der Waals surface area (Å²) in [6.07, 6.45) is -1.23. The second-order valence-electron chi connectivity index (χ2n) is 7.57. The summed E-state index contributed by atoms with van der Waals surface area (Å²) in [7, 11) is 0. The molecule has 2 heterocycles. The van der Waals surface area contributed by atoms with E-state index in [1.807, 2.05) is 30.3 Å². The lowest BCUT2D eigenvalue weighted by Crippen LogP contribution is -2.14. The van der Waals surface area contributed by atoms with E-state index in [2.05, 4.69) is 5.32 Å². The van der Waals surface area contributed by atoms with Gasteiger partial charge in [-0.05, 0) is 35.9 Å². The quantitative estimate of drug-likeness (QED) is 0.344. The number of nitrogens with one attached hydrogen (secondary N) is 1. The molecule has 9 nitrogen and oxygen atoms in total. The van der Waals surface area contributed by atoms with Crippen molar-refractivity contribution in [1.82, 2.24) is 9.88 Å². The predicted octanol–water partition coefficient (Wildman–Crippen LogP) is 4.57. The third-order valence-electron chi connectivity index (χ3n) is 5.63. The Morgan fingerprint density at radius 3 is 2.64 bits per heavy atom. The molecular formula is C24H17N3O6. The van der Waals surface area contributed by atoms with Gasteiger partial charge in [-0.2, -0.15) is 0 Å². The Balaban J connectivity index is 1.61. The summed E-state index contributed by atoms with van der Waals surface area (Å²) in [6, 6.07) is 19.0. The van der Waals surface area contributed by atoms with Crippen LogP contribution >= 0.6 is 0 Å². The molecule has 1 aromatic heterocycles. The number of carbonyl (C=O) groups is 2. The fourth-order valence-electron chi connectivity index (χ4n) is 4.15. The van der Waals surface area contributed by atoms with Gasteiger partial charge in [0.25, 0.3) is 11.6 Å². The highest BCUT2D eigenvalue weighted by atomic mass is 16.6. The normalized spacial score (nSPS) is 12.4. The van der Waals surface area contributed by atoms with Crippen LogP contribution in [-0.4, -0.2) is 26.6 Å². The Bertz CT molecular complexity index is 1440. The number of hydrogen-bond acceptors (Lipinski definition) is 5. The molecule has 0 saturated carbocycles. The van der Waals surface area contributed by atoms with Crippen LogP contribution in [0.15, 0.2) is 66.7 Å². The topological polar surface area (TPSA) is 124 Å². The van der Waals surface area contributed by atoms with Crippen molar-refractivity contribution in [1.29, 1.82) is 0 Å². The largest absolute Gasteiger partial charge is 0.489 e. The summed E-state index contributed by atoms with van der Waals surface area (Å²) in [6.45, 7) is 0.373. The van der Waals surface area contributed by atoms with E-state index in [-0.39, 0.29) is 29.1 Å². The number of carboxylic acid groups (broad SMARTS) is 1. The maximum atomic E-state index is 12.5. The Kier molecular flexibility index (Phi) is 4.78. The number of rotatable bonds is 5. The number of carbonyl (C=O) groups excluding carboxylic acids is 1. The van der Waals surface area contributed by atoms with Crippen LogP contribution in [-0.2, 0) is 13.2 Å². The Labute approximate surface area is 187 Å². The summed E-state index contributed by atoms with van der Waals surface area (Å²) in [5.41, 5.74) is 2.16. The number of hydrogen-bond donors (Lipinski definition) is 2. The fraction of sp³-hybridized carbons (Fsp3) is 0.0833. The second-order valence-corrected chi connectivity index (χ2v) is 7.57. The molecule has 164 valence electrons. The highest BCUT2D eigenvalue weighted by Gasteiger charge is 2.32. The first kappa shape index (κ1) is 20.3. The Morgan fingerprint density at radius 2 is 1.91 bits per heavy atom. The van der Waals surface area contributed by atoms with Gasteiger partial charge in [-0.1, -0.05) is 30.3 Å². The molecule has 0 unspecified atom stereocenters. The molecule has 5 rings (SSSR count). The first-order valence-electron chi connectivity index (χ1n) is 10.1. The van der Waals surface area contributed by atoms with E-state index < -0.39 is 16.9 Å². The first-order valence-corrected chi connectivity index (χ1v) is 10.1. The van der Waals surface area contributed by atoms with Gasteiger partial charge in [-0.15, -0.1) is 0 Å². The van der Waals surface area contributed by atoms with Crippen LogP contribution in [0, 0.1) is 10.1 Å². The number of benzene rings is 3. The maximum absolute atomic E-state index is 12.5. The lowest BCUT2D eigenvalue weighted by molar-refractivity contribution is -0.385. The van der Waals surface area contributed by atoms with Crippen LogP contribution in [0.2, 0.25) is 0 Å². The summed E-state index contributed by atoms with van der Waals surface area (Å²) in [5.74, 6) is 0.0879. The molecular weight excluding hydrogens is 426 g/mol. The number of nitrogens with zero attached hydrogens (tertiary/aromatic N) is 2. The van der Waals surface area contributed by atoms with E-state index in [0.717, 1.165) is 10.1 Å². The molecule has 3 aromatic carbocycles. The van der Waals surface area contributed by atoms with E-state index in [9.17, 15) is 24.8 Å². The molecule has 2 N–H and O–H groups in total. The highest BCUT2D eigenvalue weighted by molar-refractivity contribution is 6.07. The third-order valence-corrected chi connectivity index (χ3v) is 5.63. The van der Waals surface area contributed by atoms with Gasteiger partial charge in [-0.25, -0.2) is 9.36 Å². The van der Waals surface area contributed by atoms with Crippen molar-refractivity contribution in [3.05, 3.63) is 93.5 Å². The molecule has 0 bridgehead atoms. The van der Waals surface area contributed by atoms with Gasteiger partial charge >= 0.3 is 6.09 Å². The molecule has 0 saturated heterocycles. The molecule has 9 heteroatoms. The van der Waals surface area contributed by atoms with Crippen molar-refractivity contribution in [2.24, 2.45) is 0 Å². The molecule has 1 aliphatic heterocycles. The van der Waals surface area contributed by atoms with Gasteiger partial charge in [0.15, 0.2) is 0 Å². The SMILES string of the molecule is O=C1NCc2c([N+](=O)[O-])ccc(-c3cc4cc(OCc5ccccc5)ccc4n3C(=O)O)c21. The fourth-order valence-corrected chi connectivity index (χ4v) is 4.15. The Morgan fingerprint density at radius 1 is 1.12 bits per heavy atom. The van der Waals surface area contributed by atoms with Gasteiger partial charge in [0.05, 0.1) is 33.8 Å². The number of ether oxygens (including phenoxy) is 1. The molecule has 33 heavy (non-hydrogen) atoms. The standard InChI is InChI=1S/C24H17N3O6/c28-23-22-17(7-9-20(27(31)32)18(22)12-25-23)21-11-15-10-16(6-8-19(15)26(21)24(29)30)33-13-14-4-2-1-3-5-14/h1-11H,12-13H2,(H,25,28)(H,29,30). The van der Waals surface area contributed by atoms with Gasteiger partial charge < -0.3 is 15.2 Å². The van der Waals surface area contributed by atoms with Crippen LogP contribution in [0.25, 0.3) is 22.2 Å². The van der Waals surface area contributed by atoms with Crippen molar-refractivity contribution < 1.29 is 24.4 Å². The molecule has 0 radical (unpaired) electrons. The zero-order chi connectivity index (χ0) is 23.1. The van der Waals surface area contributed by atoms with Crippen LogP contribution in [0.3, 0.4) is 0 Å². The summed E-state index contributed by atoms with van der Waals surface area (Å²) >= 11 is 0. The van der Waals surface area contributed by atoms with E-state index in [1.165, 1.54) is 12.1 Å². The van der Waals surface area contributed by atoms with Crippen LogP contribution in [0.4, 0.5) is 10.5 Å². The summed E-state index contributed by atoms with van der Waals surface area (Å²) < 4.78 is 6.93. The van der Waals surface area contributed by atoms with E-state index in [1.54, 1.807) is 24.3 Å². The van der Waals surface area contributed by atoms with Crippen molar-refractivity contribution in [2.75, 3.05) is 0 Å². The lowest BCUT2D eigenvalue weighted by Gasteiger charge is -2.09. The molecule has 0 atom stereocenters. The molecule has 4 aromatic rings. The molecule has 0 aliphatic carbocycles. The minimum Gasteiger partial charge on any atom is -0.489 e. The average molecular weight is 443 g/mol. The van der Waals surface area contributed by atoms with E-state index in [4.69, 9.17) is 4.74 Å². The first-order chi connectivity index (χ1) is 15.9. The zero-order valence-corrected chi connectivity index (χ0v) is 17.1. The van der Waals surface area contributed by atoms with Crippen LogP contribution < -0.4 is 10.1 Å². The Hall–Kier alpha value is -4.66. The lowest BCUT2D eigenvalue weighted by atomic mass is 9.98. The van der Waals surface area contributed by atoms with Gasteiger partial charge in [0.2, 0.25) is 0 Å². The molecule has 0 spiro atoms. The van der Waals surface area contributed by atoms with Crippen molar-refractivity contribution in [2.45, 2.75) is 13.2 Å². The average Bonchev–Trinajstić information content (AvgIpc) is 3.38. The molecule has 1 aliphatic rings. The highest BCUT2D eigenvalue weighted by Crippen LogP contribution is 2.38. The third kappa shape index (κ3) is 3.45. The van der Waals surface area contributed by atoms with Crippen molar-refractivity contribution in [3.8, 4) is 17.0 Å². The van der Waals surface area contributed by atoms with Crippen molar-refractivity contribution in [3.63, 3.8) is 0 Å². The zero-order valence-electron chi connectivity index (χ0n) is 17.1. The minimum atomic E-state index is -1.23. The van der Waals surface area contributed by atoms with E-state index in [0.29, 0.717) is 28.8 Å². The number of amides is 1. The predicted molar refractivity (Wildman–Crippen MR) is 119 cm³/mol. The number of nitro benzene ring substituents is 1. The minimum absolute atomic E-state index is 0.0170. The summed E-state index contributed by atoms with van der Waals surface area (Å²) in [4.78, 5) is 35.5. The maximum Gasteiger partial charge on any atom is 0.416 e. The number of nitro groups is 1. The number of aromatic nitrogens is 1. The molecule has 1 amide bonds. The van der Waals surface area contributed by atoms with Crippen LogP contribution in [0.1, 0.15) is 21.5 Å². The number of fused-ring (bicyclic) bond motifs is 2. The second kappa shape index (κ2) is 7.79. The van der Waals surface area contributed by atoms with Crippen LogP contribution in [0.5, 0.6) is 5.75 Å². The molecule has 0 fully saturated rings. The van der Waals surface area contributed by atoms with E-state index >= 15 is 0 Å². The van der Waals surface area contributed by atoms with Gasteiger partial charge in [0.1, 0.15) is 12.4 Å². The monoisotopic (exact) mass is 443 g/mol. The van der Waals surface area contributed by atoms with Gasteiger partial charge in [-0.3, -0.25) is 14.9 Å². The van der Waals surface area contributed by atoms with Gasteiger partial charge in [0, 0.05) is 17.0 Å². The van der Waals surface area contributed by atoms with Crippen molar-refractivity contribution >= 4 is 28.6 Å². The smallest absolute Gasteiger partial charge is 0.416 e.